The molecule has 1 amide bonds. The summed E-state index contributed by atoms with van der Waals surface area (Å²) in [5.74, 6) is 0.0444. The molecular formula is C27H26F3N9O5S. The molecule has 4 aromatic heterocycles. The molecule has 1 aliphatic rings. The quantitative estimate of drug-likeness (QED) is 0.279. The van der Waals surface area contributed by atoms with Gasteiger partial charge in [-0.15, -0.1) is 0 Å². The summed E-state index contributed by atoms with van der Waals surface area (Å²) in [4.78, 5) is 41.5. The molecule has 5 rings (SSSR count). The van der Waals surface area contributed by atoms with Crippen molar-refractivity contribution in [2.75, 3.05) is 23.6 Å². The molecule has 18 heteroatoms. The summed E-state index contributed by atoms with van der Waals surface area (Å²) >= 11 is 0. The number of rotatable bonds is 8. The highest BCUT2D eigenvalue weighted by atomic mass is 32.2. The van der Waals surface area contributed by atoms with Crippen molar-refractivity contribution in [1.82, 2.24) is 34.9 Å². The van der Waals surface area contributed by atoms with Gasteiger partial charge in [0.25, 0.3) is 0 Å². The third kappa shape index (κ3) is 7.22. The number of methoxy groups -OCH3 is 1. The van der Waals surface area contributed by atoms with Gasteiger partial charge in [0.1, 0.15) is 5.56 Å². The van der Waals surface area contributed by atoms with Crippen LogP contribution in [0.1, 0.15) is 31.2 Å². The van der Waals surface area contributed by atoms with Crippen LogP contribution in [0.3, 0.4) is 0 Å². The van der Waals surface area contributed by atoms with Crippen LogP contribution in [-0.2, 0) is 16.0 Å². The minimum Gasteiger partial charge on any atom is -0.467 e. The highest BCUT2D eigenvalue weighted by Crippen LogP contribution is 2.37. The Balaban J connectivity index is 1.30. The van der Waals surface area contributed by atoms with Gasteiger partial charge in [-0.25, -0.2) is 38.1 Å². The Hall–Kier alpha value is -5.00. The van der Waals surface area contributed by atoms with Gasteiger partial charge in [0.15, 0.2) is 15.7 Å². The van der Waals surface area contributed by atoms with Crippen molar-refractivity contribution in [2.45, 2.75) is 48.8 Å². The second kappa shape index (κ2) is 12.5. The van der Waals surface area contributed by atoms with Crippen LogP contribution >= 0.6 is 0 Å². The van der Waals surface area contributed by atoms with E-state index in [-0.39, 0.29) is 34.3 Å². The van der Waals surface area contributed by atoms with Gasteiger partial charge in [0, 0.05) is 60.5 Å². The van der Waals surface area contributed by atoms with Gasteiger partial charge in [0.2, 0.25) is 5.95 Å². The zero-order chi connectivity index (χ0) is 32.4. The molecule has 0 saturated heterocycles. The van der Waals surface area contributed by atoms with Crippen LogP contribution in [0.4, 0.5) is 29.7 Å². The van der Waals surface area contributed by atoms with E-state index in [2.05, 4.69) is 40.2 Å². The second-order valence-corrected chi connectivity index (χ2v) is 12.2. The summed E-state index contributed by atoms with van der Waals surface area (Å²) in [6, 6.07) is 0.562. The van der Waals surface area contributed by atoms with E-state index in [1.165, 1.54) is 31.9 Å². The van der Waals surface area contributed by atoms with Crippen molar-refractivity contribution in [3.8, 4) is 28.5 Å². The SMILES string of the molecule is COc1ncc(-c2cnc(N(C(=O)O)C3CCC(Nc4ncc(C(F)(F)F)c(-c5cncc(S(C)(=O)=O)c5)n4)CC3)cn2)cn1. The van der Waals surface area contributed by atoms with E-state index >= 15 is 0 Å². The number of carboxylic acid groups (broad SMARTS) is 1. The number of hydrogen-bond acceptors (Lipinski definition) is 12. The first-order valence-electron chi connectivity index (χ1n) is 13.4. The molecule has 2 N–H and O–H groups in total. The van der Waals surface area contributed by atoms with E-state index in [9.17, 15) is 31.5 Å². The van der Waals surface area contributed by atoms with Crippen molar-refractivity contribution in [3.63, 3.8) is 0 Å². The van der Waals surface area contributed by atoms with E-state index in [1.807, 2.05) is 0 Å². The molecule has 0 aliphatic heterocycles. The molecule has 4 aromatic rings. The predicted octanol–water partition coefficient (Wildman–Crippen LogP) is 4.12. The molecule has 14 nitrogen and oxygen atoms in total. The van der Waals surface area contributed by atoms with Gasteiger partial charge in [-0.2, -0.15) is 13.2 Å². The Morgan fingerprint density at radius 1 is 0.956 bits per heavy atom. The first-order chi connectivity index (χ1) is 21.3. The Labute approximate surface area is 254 Å². The topological polar surface area (TPSA) is 186 Å². The summed E-state index contributed by atoms with van der Waals surface area (Å²) in [5.41, 5.74) is -0.797. The minimum atomic E-state index is -4.81. The Kier molecular flexibility index (Phi) is 8.76. The first-order valence-corrected chi connectivity index (χ1v) is 15.3. The van der Waals surface area contributed by atoms with Crippen LogP contribution < -0.4 is 15.0 Å². The number of nitrogens with zero attached hydrogens (tertiary/aromatic N) is 8. The molecular weight excluding hydrogens is 619 g/mol. The normalized spacial score (nSPS) is 17.0. The highest BCUT2D eigenvalue weighted by molar-refractivity contribution is 7.90. The van der Waals surface area contributed by atoms with Crippen molar-refractivity contribution in [2.24, 2.45) is 0 Å². The lowest BCUT2D eigenvalue weighted by atomic mass is 9.90. The number of pyridine rings is 1. The molecule has 0 radical (unpaired) electrons. The standard InChI is InChI=1S/C27H26F3N9O5S/c1-44-25-35-9-16(10-36-25)21-13-33-22(14-32-21)39(26(40)41)18-5-3-17(4-6-18)37-24-34-12-20(27(28,29)30)23(38-24)15-7-19(11-31-8-15)45(2,42)43/h7-14,17-18H,3-6H2,1-2H3,(H,40,41)(H,34,37,38). The molecule has 0 unspecified atom stereocenters. The fourth-order valence-corrected chi connectivity index (χ4v) is 5.47. The van der Waals surface area contributed by atoms with Crippen molar-refractivity contribution < 1.29 is 36.2 Å². The lowest BCUT2D eigenvalue weighted by Gasteiger charge is -2.34. The molecule has 0 aromatic carbocycles. The Bertz CT molecular complexity index is 1790. The van der Waals surface area contributed by atoms with E-state index < -0.39 is 39.4 Å². The summed E-state index contributed by atoms with van der Waals surface area (Å²) in [6.45, 7) is 0. The van der Waals surface area contributed by atoms with Crippen molar-refractivity contribution >= 4 is 27.7 Å². The number of hydrogen-bond donors (Lipinski definition) is 2. The van der Waals surface area contributed by atoms with Crippen LogP contribution in [0.5, 0.6) is 6.01 Å². The lowest BCUT2D eigenvalue weighted by Crippen LogP contribution is -2.44. The van der Waals surface area contributed by atoms with Gasteiger partial charge in [-0.1, -0.05) is 0 Å². The van der Waals surface area contributed by atoms with Gasteiger partial charge in [-0.3, -0.25) is 14.9 Å². The first kappa shape index (κ1) is 31.4. The predicted molar refractivity (Wildman–Crippen MR) is 153 cm³/mol. The number of amides is 1. The molecule has 0 spiro atoms. The molecule has 0 atom stereocenters. The van der Waals surface area contributed by atoms with Gasteiger partial charge in [0.05, 0.1) is 35.8 Å². The third-order valence-corrected chi connectivity index (χ3v) is 8.18. The molecule has 45 heavy (non-hydrogen) atoms. The molecule has 1 fully saturated rings. The smallest absolute Gasteiger partial charge is 0.419 e. The number of ether oxygens (including phenoxy) is 1. The van der Waals surface area contributed by atoms with E-state index in [0.29, 0.717) is 43.1 Å². The summed E-state index contributed by atoms with van der Waals surface area (Å²) in [6.07, 6.45) is 5.19. The van der Waals surface area contributed by atoms with Gasteiger partial charge < -0.3 is 15.2 Å². The monoisotopic (exact) mass is 645 g/mol. The van der Waals surface area contributed by atoms with Crippen molar-refractivity contribution in [1.29, 1.82) is 0 Å². The Morgan fingerprint density at radius 2 is 1.67 bits per heavy atom. The number of halogens is 3. The zero-order valence-corrected chi connectivity index (χ0v) is 24.6. The van der Waals surface area contributed by atoms with E-state index in [0.717, 1.165) is 29.6 Å². The average molecular weight is 646 g/mol. The average Bonchev–Trinajstić information content (AvgIpc) is 3.01. The molecule has 4 heterocycles. The summed E-state index contributed by atoms with van der Waals surface area (Å²) in [5, 5.41) is 13.0. The minimum absolute atomic E-state index is 0.0923. The fraction of sp³-hybridized carbons (Fsp3) is 0.333. The number of anilines is 2. The maximum atomic E-state index is 13.8. The van der Waals surface area contributed by atoms with E-state index in [1.54, 1.807) is 0 Å². The summed E-state index contributed by atoms with van der Waals surface area (Å²) < 4.78 is 70.3. The lowest BCUT2D eigenvalue weighted by molar-refractivity contribution is -0.137. The third-order valence-electron chi connectivity index (χ3n) is 7.10. The molecule has 236 valence electrons. The number of aromatic nitrogens is 7. The van der Waals surface area contributed by atoms with E-state index in [4.69, 9.17) is 4.74 Å². The van der Waals surface area contributed by atoms with Crippen LogP contribution in [0.2, 0.25) is 0 Å². The van der Waals surface area contributed by atoms with Crippen LogP contribution in [-0.4, -0.2) is 80.0 Å². The molecule has 0 bridgehead atoms. The number of sulfone groups is 1. The van der Waals surface area contributed by atoms with Crippen LogP contribution in [0, 0.1) is 0 Å². The number of nitrogens with one attached hydrogen (secondary N) is 1. The molecule has 1 aliphatic carbocycles. The molecule has 1 saturated carbocycles. The number of alkyl halides is 3. The largest absolute Gasteiger partial charge is 0.467 e. The van der Waals surface area contributed by atoms with Gasteiger partial charge in [-0.05, 0) is 31.7 Å². The maximum absolute atomic E-state index is 13.8. The van der Waals surface area contributed by atoms with Gasteiger partial charge >= 0.3 is 18.3 Å². The van der Waals surface area contributed by atoms with Crippen LogP contribution in [0.25, 0.3) is 22.5 Å². The highest BCUT2D eigenvalue weighted by Gasteiger charge is 2.36. The zero-order valence-electron chi connectivity index (χ0n) is 23.8. The maximum Gasteiger partial charge on any atom is 0.419 e. The number of carbonyl (C=O) groups is 1. The fourth-order valence-electron chi connectivity index (χ4n) is 4.88. The summed E-state index contributed by atoms with van der Waals surface area (Å²) in [7, 11) is -2.30. The van der Waals surface area contributed by atoms with Crippen molar-refractivity contribution in [3.05, 3.63) is 55.0 Å². The second-order valence-electron chi connectivity index (χ2n) is 10.2. The van der Waals surface area contributed by atoms with Crippen LogP contribution in [0.15, 0.2) is 54.3 Å². The Morgan fingerprint density at radius 3 is 2.24 bits per heavy atom.